The molecule has 1 aliphatic rings. The van der Waals surface area contributed by atoms with Crippen LogP contribution in [0, 0.1) is 0 Å². The molecule has 2 aromatic rings. The van der Waals surface area contributed by atoms with Crippen LogP contribution in [0.1, 0.15) is 10.4 Å². The van der Waals surface area contributed by atoms with Crippen LogP contribution in [-0.4, -0.2) is 5.75 Å². The van der Waals surface area contributed by atoms with Gasteiger partial charge in [0.25, 0.3) is 0 Å². The standard InChI is InChI=1S/C13H10S2/c1-2-5-12-10(4-1)11(7-9-15-12)13-6-3-8-14-13/h1-8H,9H2. The van der Waals surface area contributed by atoms with E-state index in [2.05, 4.69) is 47.9 Å². The van der Waals surface area contributed by atoms with Gasteiger partial charge in [0.1, 0.15) is 0 Å². The first-order chi connectivity index (χ1) is 7.45. The molecule has 0 nitrogen and oxygen atoms in total. The van der Waals surface area contributed by atoms with E-state index in [1.165, 1.54) is 20.9 Å². The first-order valence-corrected chi connectivity index (χ1v) is 6.78. The van der Waals surface area contributed by atoms with Crippen LogP contribution < -0.4 is 0 Å². The Labute approximate surface area is 97.7 Å². The average molecular weight is 230 g/mol. The summed E-state index contributed by atoms with van der Waals surface area (Å²) in [6.07, 6.45) is 2.33. The molecule has 0 bridgehead atoms. The lowest BCUT2D eigenvalue weighted by Gasteiger charge is -2.15. The summed E-state index contributed by atoms with van der Waals surface area (Å²) in [6, 6.07) is 13.0. The van der Waals surface area contributed by atoms with E-state index in [4.69, 9.17) is 0 Å². The van der Waals surface area contributed by atoms with Crippen molar-refractivity contribution in [3.63, 3.8) is 0 Å². The zero-order valence-corrected chi connectivity index (χ0v) is 9.78. The van der Waals surface area contributed by atoms with Crippen molar-refractivity contribution in [2.75, 3.05) is 5.75 Å². The van der Waals surface area contributed by atoms with E-state index >= 15 is 0 Å². The smallest absolute Gasteiger partial charge is 0.0346 e. The zero-order chi connectivity index (χ0) is 10.1. The fraction of sp³-hybridized carbons (Fsp3) is 0.0769. The van der Waals surface area contributed by atoms with Gasteiger partial charge in [0.2, 0.25) is 0 Å². The predicted octanol–water partition coefficient (Wildman–Crippen LogP) is 4.29. The molecule has 0 saturated carbocycles. The Morgan fingerprint density at radius 3 is 2.80 bits per heavy atom. The Bertz CT molecular complexity index is 495. The molecular formula is C13H10S2. The van der Waals surface area contributed by atoms with Crippen LogP contribution in [0.15, 0.2) is 52.7 Å². The second-order valence-corrected chi connectivity index (χ2v) is 5.41. The molecule has 0 spiro atoms. The third-order valence-electron chi connectivity index (χ3n) is 2.49. The molecular weight excluding hydrogens is 220 g/mol. The average Bonchev–Trinajstić information content (AvgIpc) is 2.82. The second-order valence-electron chi connectivity index (χ2n) is 3.40. The lowest BCUT2D eigenvalue weighted by molar-refractivity contribution is 1.37. The molecule has 0 saturated heterocycles. The van der Waals surface area contributed by atoms with Gasteiger partial charge in [-0.15, -0.1) is 23.1 Å². The summed E-state index contributed by atoms with van der Waals surface area (Å²) >= 11 is 3.73. The molecule has 1 aromatic carbocycles. The maximum absolute atomic E-state index is 2.33. The van der Waals surface area contributed by atoms with Crippen LogP contribution in [0.5, 0.6) is 0 Å². The van der Waals surface area contributed by atoms with E-state index in [0.29, 0.717) is 0 Å². The molecule has 15 heavy (non-hydrogen) atoms. The fourth-order valence-electron chi connectivity index (χ4n) is 1.80. The maximum atomic E-state index is 2.33. The molecule has 74 valence electrons. The molecule has 0 amide bonds. The van der Waals surface area contributed by atoms with E-state index < -0.39 is 0 Å². The van der Waals surface area contributed by atoms with Crippen LogP contribution in [0.2, 0.25) is 0 Å². The summed E-state index contributed by atoms with van der Waals surface area (Å²) in [7, 11) is 0. The molecule has 2 heterocycles. The molecule has 0 N–H and O–H groups in total. The zero-order valence-electron chi connectivity index (χ0n) is 8.14. The van der Waals surface area contributed by atoms with Crippen molar-refractivity contribution < 1.29 is 0 Å². The first-order valence-electron chi connectivity index (χ1n) is 4.91. The summed E-state index contributed by atoms with van der Waals surface area (Å²) in [5.41, 5.74) is 2.79. The van der Waals surface area contributed by atoms with Crippen molar-refractivity contribution in [1.82, 2.24) is 0 Å². The van der Waals surface area contributed by atoms with Gasteiger partial charge in [-0.1, -0.05) is 30.3 Å². The Balaban J connectivity index is 2.15. The Kier molecular flexibility index (Phi) is 2.39. The van der Waals surface area contributed by atoms with E-state index in [-0.39, 0.29) is 0 Å². The number of hydrogen-bond acceptors (Lipinski definition) is 2. The Morgan fingerprint density at radius 1 is 1.00 bits per heavy atom. The van der Waals surface area contributed by atoms with Crippen molar-refractivity contribution in [3.05, 3.63) is 58.3 Å². The number of fused-ring (bicyclic) bond motifs is 1. The molecule has 0 unspecified atom stereocenters. The van der Waals surface area contributed by atoms with Gasteiger partial charge in [-0.2, -0.15) is 0 Å². The number of hydrogen-bond donors (Lipinski definition) is 0. The minimum atomic E-state index is 1.09. The largest absolute Gasteiger partial charge is 0.144 e. The fourth-order valence-corrected chi connectivity index (χ4v) is 3.52. The summed E-state index contributed by atoms with van der Waals surface area (Å²) in [4.78, 5) is 2.78. The number of benzene rings is 1. The summed E-state index contributed by atoms with van der Waals surface area (Å²) in [5.74, 6) is 1.09. The van der Waals surface area contributed by atoms with Crippen molar-refractivity contribution in [2.45, 2.75) is 4.90 Å². The van der Waals surface area contributed by atoms with Crippen molar-refractivity contribution in [3.8, 4) is 0 Å². The first kappa shape index (κ1) is 9.25. The van der Waals surface area contributed by atoms with Gasteiger partial charge in [-0.3, -0.25) is 0 Å². The lowest BCUT2D eigenvalue weighted by atomic mass is 10.0. The number of rotatable bonds is 1. The van der Waals surface area contributed by atoms with Gasteiger partial charge >= 0.3 is 0 Å². The van der Waals surface area contributed by atoms with Gasteiger partial charge in [0.05, 0.1) is 0 Å². The summed E-state index contributed by atoms with van der Waals surface area (Å²) < 4.78 is 0. The van der Waals surface area contributed by atoms with Crippen molar-refractivity contribution in [2.24, 2.45) is 0 Å². The monoisotopic (exact) mass is 230 g/mol. The van der Waals surface area contributed by atoms with Gasteiger partial charge in [-0.25, -0.2) is 0 Å². The molecule has 1 aromatic heterocycles. The third kappa shape index (κ3) is 1.64. The minimum Gasteiger partial charge on any atom is -0.144 e. The van der Waals surface area contributed by atoms with Crippen LogP contribution in [0.3, 0.4) is 0 Å². The van der Waals surface area contributed by atoms with Gasteiger partial charge < -0.3 is 0 Å². The molecule has 0 aliphatic carbocycles. The topological polar surface area (TPSA) is 0 Å². The van der Waals surface area contributed by atoms with E-state index in [1.807, 2.05) is 23.1 Å². The highest BCUT2D eigenvalue weighted by molar-refractivity contribution is 7.99. The van der Waals surface area contributed by atoms with Crippen molar-refractivity contribution in [1.29, 1.82) is 0 Å². The molecule has 2 heteroatoms. The molecule has 0 atom stereocenters. The number of thiophene rings is 1. The minimum absolute atomic E-state index is 1.09. The highest BCUT2D eigenvalue weighted by Crippen LogP contribution is 2.37. The molecule has 0 radical (unpaired) electrons. The molecule has 0 fully saturated rings. The van der Waals surface area contributed by atoms with Gasteiger partial charge in [0, 0.05) is 15.5 Å². The normalized spacial score (nSPS) is 14.5. The quantitative estimate of drug-likeness (QED) is 0.704. The van der Waals surface area contributed by atoms with Crippen LogP contribution >= 0.6 is 23.1 Å². The van der Waals surface area contributed by atoms with E-state index in [0.717, 1.165) is 5.75 Å². The highest BCUT2D eigenvalue weighted by atomic mass is 32.2. The summed E-state index contributed by atoms with van der Waals surface area (Å²) in [5, 5.41) is 2.14. The molecule has 3 rings (SSSR count). The van der Waals surface area contributed by atoms with E-state index in [1.54, 1.807) is 0 Å². The highest BCUT2D eigenvalue weighted by Gasteiger charge is 2.13. The van der Waals surface area contributed by atoms with Crippen LogP contribution in [0.25, 0.3) is 5.57 Å². The second kappa shape index (κ2) is 3.87. The van der Waals surface area contributed by atoms with Gasteiger partial charge in [-0.05, 0) is 28.6 Å². The van der Waals surface area contributed by atoms with Crippen LogP contribution in [-0.2, 0) is 0 Å². The number of thioether (sulfide) groups is 1. The maximum Gasteiger partial charge on any atom is 0.0346 e. The van der Waals surface area contributed by atoms with E-state index in [9.17, 15) is 0 Å². The van der Waals surface area contributed by atoms with Crippen LogP contribution in [0.4, 0.5) is 0 Å². The SMILES string of the molecule is C1=C(c2cccs2)c2ccccc2SC1. The Morgan fingerprint density at radius 2 is 1.93 bits per heavy atom. The Hall–Kier alpha value is -0.990. The van der Waals surface area contributed by atoms with Gasteiger partial charge in [0.15, 0.2) is 0 Å². The van der Waals surface area contributed by atoms with Crippen molar-refractivity contribution >= 4 is 28.7 Å². The molecule has 1 aliphatic heterocycles. The predicted molar refractivity (Wildman–Crippen MR) is 68.6 cm³/mol. The third-order valence-corrected chi connectivity index (χ3v) is 4.39. The summed E-state index contributed by atoms with van der Waals surface area (Å²) in [6.45, 7) is 0. The lowest BCUT2D eigenvalue weighted by Crippen LogP contribution is -1.94.